The van der Waals surface area contributed by atoms with Gasteiger partial charge in [-0.3, -0.25) is 0 Å². The van der Waals surface area contributed by atoms with Gasteiger partial charge in [-0.1, -0.05) is 104 Å². The van der Waals surface area contributed by atoms with Crippen LogP contribution in [-0.4, -0.2) is 8.07 Å². The Morgan fingerprint density at radius 2 is 1.35 bits per heavy atom. The number of benzene rings is 4. The molecule has 2 heteroatoms. The van der Waals surface area contributed by atoms with Gasteiger partial charge in [-0.25, -0.2) is 4.57 Å². The number of fused-ring (bicyclic) bond motifs is 1. The van der Waals surface area contributed by atoms with Gasteiger partial charge < -0.3 is 0 Å². The van der Waals surface area contributed by atoms with Crippen LogP contribution in [0.3, 0.4) is 0 Å². The second kappa shape index (κ2) is 9.76. The van der Waals surface area contributed by atoms with Crippen LogP contribution in [0.1, 0.15) is 42.7 Å². The van der Waals surface area contributed by atoms with Gasteiger partial charge in [-0.2, -0.15) is 0 Å². The smallest absolute Gasteiger partial charge is 0.200 e. The van der Waals surface area contributed by atoms with Crippen LogP contribution in [0.5, 0.6) is 0 Å². The fraction of sp³-hybridized carbons (Fsp3) is 0.229. The standard InChI is InChI=1S/C35H36NSi/c1-26-18-19-28(27-12-10-11-13-27)25-34(26)35-33-21-20-32(24-29(33)22-23-36(35)2)37(3,30-14-6-4-7-15-30)31-16-8-5-9-17-31/h4-9,14-25,27H,10-13H2,1-3H3/q+1. The van der Waals surface area contributed by atoms with E-state index in [0.29, 0.717) is 0 Å². The number of rotatable bonds is 5. The quantitative estimate of drug-likeness (QED) is 0.150. The Morgan fingerprint density at radius 1 is 0.703 bits per heavy atom. The highest BCUT2D eigenvalue weighted by molar-refractivity contribution is 7.10. The maximum Gasteiger partial charge on any atom is 0.220 e. The summed E-state index contributed by atoms with van der Waals surface area (Å²) >= 11 is 0. The molecule has 1 heterocycles. The van der Waals surface area contributed by atoms with Crippen molar-refractivity contribution in [3.8, 4) is 11.3 Å². The highest BCUT2D eigenvalue weighted by atomic mass is 28.3. The summed E-state index contributed by atoms with van der Waals surface area (Å²) in [5.74, 6) is 0.717. The Kier molecular flexibility index (Phi) is 6.30. The number of aromatic nitrogens is 1. The Bertz CT molecular complexity index is 1510. The van der Waals surface area contributed by atoms with Gasteiger partial charge in [0.25, 0.3) is 0 Å². The number of pyridine rings is 1. The van der Waals surface area contributed by atoms with Crippen LogP contribution in [0.2, 0.25) is 6.55 Å². The lowest BCUT2D eigenvalue weighted by Gasteiger charge is -2.29. The lowest BCUT2D eigenvalue weighted by Crippen LogP contribution is -2.64. The molecule has 0 radical (unpaired) electrons. The molecule has 1 saturated carbocycles. The molecule has 6 rings (SSSR count). The van der Waals surface area contributed by atoms with E-state index in [1.165, 1.54) is 74.4 Å². The van der Waals surface area contributed by atoms with Crippen LogP contribution < -0.4 is 20.1 Å². The molecule has 0 spiro atoms. The number of hydrogen-bond acceptors (Lipinski definition) is 0. The summed E-state index contributed by atoms with van der Waals surface area (Å²) in [6.45, 7) is 4.76. The van der Waals surface area contributed by atoms with Gasteiger partial charge in [0, 0.05) is 11.6 Å². The van der Waals surface area contributed by atoms with Crippen molar-refractivity contribution in [3.05, 3.63) is 120 Å². The molecule has 184 valence electrons. The number of aryl methyl sites for hydroxylation is 2. The van der Waals surface area contributed by atoms with Crippen molar-refractivity contribution >= 4 is 34.4 Å². The van der Waals surface area contributed by atoms with Crippen LogP contribution in [0.15, 0.2) is 109 Å². The molecule has 1 aliphatic rings. The van der Waals surface area contributed by atoms with Gasteiger partial charge in [-0.15, -0.1) is 0 Å². The zero-order valence-electron chi connectivity index (χ0n) is 22.2. The van der Waals surface area contributed by atoms with Crippen molar-refractivity contribution in [1.29, 1.82) is 0 Å². The van der Waals surface area contributed by atoms with E-state index in [0.717, 1.165) is 5.92 Å². The highest BCUT2D eigenvalue weighted by Gasteiger charge is 2.34. The van der Waals surface area contributed by atoms with E-state index in [-0.39, 0.29) is 0 Å². The zero-order valence-corrected chi connectivity index (χ0v) is 23.2. The first-order valence-electron chi connectivity index (χ1n) is 13.7. The average Bonchev–Trinajstić information content (AvgIpc) is 3.49. The van der Waals surface area contributed by atoms with Crippen molar-refractivity contribution in [2.75, 3.05) is 0 Å². The molecule has 0 amide bonds. The van der Waals surface area contributed by atoms with Crippen LogP contribution in [0, 0.1) is 6.92 Å². The first-order chi connectivity index (χ1) is 18.1. The van der Waals surface area contributed by atoms with Gasteiger partial charge in [-0.05, 0) is 69.9 Å². The van der Waals surface area contributed by atoms with Crippen LogP contribution in [0.25, 0.3) is 22.0 Å². The Labute approximate surface area is 222 Å². The fourth-order valence-electron chi connectivity index (χ4n) is 6.47. The summed E-state index contributed by atoms with van der Waals surface area (Å²) in [5, 5.41) is 7.00. The second-order valence-corrected chi connectivity index (χ2v) is 15.0. The fourth-order valence-corrected chi connectivity index (χ4v) is 10.0. The third-order valence-corrected chi connectivity index (χ3v) is 13.2. The molecular formula is C35H36NSi+. The predicted octanol–water partition coefficient (Wildman–Crippen LogP) is 6.40. The summed E-state index contributed by atoms with van der Waals surface area (Å²) in [7, 11) is 0.0419. The number of nitrogens with zero attached hydrogens (tertiary/aromatic N) is 1. The van der Waals surface area contributed by atoms with Crippen LogP contribution in [0.4, 0.5) is 0 Å². The summed E-state index contributed by atoms with van der Waals surface area (Å²) in [6.07, 6.45) is 7.63. The summed E-state index contributed by atoms with van der Waals surface area (Å²) in [5.41, 5.74) is 5.56. The monoisotopic (exact) mass is 498 g/mol. The molecule has 0 bridgehead atoms. The molecule has 0 aliphatic heterocycles. The molecule has 1 nitrogen and oxygen atoms in total. The third-order valence-electron chi connectivity index (χ3n) is 8.76. The van der Waals surface area contributed by atoms with Gasteiger partial charge in [0.15, 0.2) is 6.20 Å². The van der Waals surface area contributed by atoms with E-state index in [4.69, 9.17) is 0 Å². The first-order valence-corrected chi connectivity index (χ1v) is 16.2. The largest absolute Gasteiger partial charge is 0.220 e. The molecule has 0 saturated heterocycles. The van der Waals surface area contributed by atoms with E-state index in [2.05, 4.69) is 134 Å². The van der Waals surface area contributed by atoms with Crippen molar-refractivity contribution < 1.29 is 4.57 Å². The second-order valence-electron chi connectivity index (χ2n) is 11.0. The summed E-state index contributed by atoms with van der Waals surface area (Å²) in [4.78, 5) is 0. The summed E-state index contributed by atoms with van der Waals surface area (Å²) in [6, 6.07) is 39.0. The Morgan fingerprint density at radius 3 is 2.00 bits per heavy atom. The zero-order chi connectivity index (χ0) is 25.4. The summed E-state index contributed by atoms with van der Waals surface area (Å²) < 4.78 is 2.31. The van der Waals surface area contributed by atoms with Gasteiger partial charge in [0.2, 0.25) is 5.69 Å². The van der Waals surface area contributed by atoms with Crippen molar-refractivity contribution in [3.63, 3.8) is 0 Å². The number of hydrogen-bond donors (Lipinski definition) is 0. The van der Waals surface area contributed by atoms with Crippen molar-refractivity contribution in [2.45, 2.75) is 45.1 Å². The van der Waals surface area contributed by atoms with E-state index >= 15 is 0 Å². The minimum absolute atomic E-state index is 0.717. The third kappa shape index (κ3) is 4.24. The SMILES string of the molecule is Cc1ccc(C2CCCC2)cc1-c1c2ccc([Si](C)(c3ccccc3)c3ccccc3)cc2cc[n+]1C. The Hall–Kier alpha value is -3.49. The predicted molar refractivity (Wildman–Crippen MR) is 160 cm³/mol. The van der Waals surface area contributed by atoms with E-state index in [1.807, 2.05) is 0 Å². The van der Waals surface area contributed by atoms with Crippen molar-refractivity contribution in [1.82, 2.24) is 0 Å². The van der Waals surface area contributed by atoms with E-state index in [9.17, 15) is 0 Å². The topological polar surface area (TPSA) is 3.88 Å². The normalized spacial score (nSPS) is 14.4. The van der Waals surface area contributed by atoms with E-state index < -0.39 is 8.07 Å². The molecule has 5 aromatic rings. The van der Waals surface area contributed by atoms with Gasteiger partial charge in [0.1, 0.15) is 15.1 Å². The highest BCUT2D eigenvalue weighted by Crippen LogP contribution is 2.37. The maximum absolute atomic E-state index is 2.50. The molecule has 0 N–H and O–H groups in total. The molecule has 1 aliphatic carbocycles. The minimum Gasteiger partial charge on any atom is -0.200 e. The molecule has 1 aromatic heterocycles. The molecule has 37 heavy (non-hydrogen) atoms. The minimum atomic E-state index is -2.15. The molecule has 0 unspecified atom stereocenters. The average molecular weight is 499 g/mol. The Balaban J connectivity index is 1.53. The van der Waals surface area contributed by atoms with Gasteiger partial charge >= 0.3 is 0 Å². The lowest BCUT2D eigenvalue weighted by atomic mass is 9.91. The molecule has 4 aromatic carbocycles. The molecule has 1 fully saturated rings. The van der Waals surface area contributed by atoms with Crippen LogP contribution in [-0.2, 0) is 7.05 Å². The van der Waals surface area contributed by atoms with E-state index in [1.54, 1.807) is 0 Å². The molecular weight excluding hydrogens is 462 g/mol. The maximum atomic E-state index is 2.50. The first kappa shape index (κ1) is 23.9. The lowest BCUT2D eigenvalue weighted by molar-refractivity contribution is -0.659. The van der Waals surface area contributed by atoms with Crippen LogP contribution >= 0.6 is 0 Å². The molecule has 0 atom stereocenters. The van der Waals surface area contributed by atoms with Gasteiger partial charge in [0.05, 0.1) is 5.39 Å². The van der Waals surface area contributed by atoms with Crippen molar-refractivity contribution in [2.24, 2.45) is 7.05 Å².